The van der Waals surface area contributed by atoms with Crippen molar-refractivity contribution in [3.63, 3.8) is 0 Å². The molecule has 0 aromatic heterocycles. The third-order valence-corrected chi connectivity index (χ3v) is 13.8. The molecule has 1 aromatic carbocycles. The second kappa shape index (κ2) is 14.0. The van der Waals surface area contributed by atoms with Gasteiger partial charge in [0.05, 0.1) is 17.8 Å². The maximum absolute atomic E-state index is 12.8. The smallest absolute Gasteiger partial charge is 0.338 e. The molecule has 0 amide bonds. The Labute approximate surface area is 279 Å². The molecule has 256 valence electrons. The van der Waals surface area contributed by atoms with Gasteiger partial charge in [0.2, 0.25) is 0 Å². The molecular weight excluding hydrogens is 572 g/mol. The number of hydrogen-bond acceptors (Lipinski definition) is 5. The molecule has 5 heteroatoms. The van der Waals surface area contributed by atoms with Crippen molar-refractivity contribution in [1.82, 2.24) is 0 Å². The highest BCUT2D eigenvalue weighted by atomic mass is 16.7. The van der Waals surface area contributed by atoms with E-state index in [1.165, 1.54) is 57.8 Å². The highest BCUT2D eigenvalue weighted by molar-refractivity contribution is 5.89. The summed E-state index contributed by atoms with van der Waals surface area (Å²) in [5, 5.41) is 0. The van der Waals surface area contributed by atoms with Crippen LogP contribution in [0, 0.1) is 46.3 Å². The van der Waals surface area contributed by atoms with Gasteiger partial charge >= 0.3 is 5.97 Å². The summed E-state index contributed by atoms with van der Waals surface area (Å²) in [5.41, 5.74) is 3.02. The molecule has 0 spiro atoms. The van der Waals surface area contributed by atoms with Gasteiger partial charge in [0.25, 0.3) is 0 Å². The summed E-state index contributed by atoms with van der Waals surface area (Å²) in [6.45, 7) is 14.6. The normalized spacial score (nSPS) is 41.2. The van der Waals surface area contributed by atoms with Crippen LogP contribution in [0.1, 0.15) is 129 Å². The largest absolute Gasteiger partial charge is 0.453 e. The molecule has 0 unspecified atom stereocenters. The number of esters is 1. The number of carbonyl (C=O) groups is 1. The number of benzene rings is 1. The molecule has 3 saturated carbocycles. The van der Waals surface area contributed by atoms with Gasteiger partial charge in [-0.05, 0) is 117 Å². The van der Waals surface area contributed by atoms with Crippen molar-refractivity contribution in [2.24, 2.45) is 46.3 Å². The van der Waals surface area contributed by atoms with E-state index < -0.39 is 6.10 Å². The van der Waals surface area contributed by atoms with Gasteiger partial charge in [0, 0.05) is 13.5 Å². The van der Waals surface area contributed by atoms with Gasteiger partial charge < -0.3 is 18.9 Å². The minimum Gasteiger partial charge on any atom is -0.453 e. The zero-order valence-corrected chi connectivity index (χ0v) is 29.8. The molecule has 1 heterocycles. The number of ether oxygens (including phenoxy) is 4. The number of carbonyl (C=O) groups excluding carboxylic acids is 1. The van der Waals surface area contributed by atoms with Crippen LogP contribution < -0.4 is 0 Å². The Balaban J connectivity index is 1.06. The first kappa shape index (κ1) is 34.2. The first-order valence-electron chi connectivity index (χ1n) is 18.8. The maximum Gasteiger partial charge on any atom is 0.338 e. The van der Waals surface area contributed by atoms with E-state index in [4.69, 9.17) is 18.9 Å². The molecule has 0 N–H and O–H groups in total. The molecule has 0 radical (unpaired) electrons. The summed E-state index contributed by atoms with van der Waals surface area (Å²) in [7, 11) is 1.69. The summed E-state index contributed by atoms with van der Waals surface area (Å²) in [5.74, 6) is 4.79. The summed E-state index contributed by atoms with van der Waals surface area (Å²) >= 11 is 0. The van der Waals surface area contributed by atoms with Crippen LogP contribution in [0.15, 0.2) is 42.0 Å². The Morgan fingerprint density at radius 1 is 1.00 bits per heavy atom. The van der Waals surface area contributed by atoms with Gasteiger partial charge in [-0.3, -0.25) is 0 Å². The van der Waals surface area contributed by atoms with E-state index in [1.54, 1.807) is 24.8 Å². The van der Waals surface area contributed by atoms with Crippen molar-refractivity contribution in [1.29, 1.82) is 0 Å². The van der Waals surface area contributed by atoms with Crippen LogP contribution in [-0.2, 0) is 18.9 Å². The minimum absolute atomic E-state index is 0.158. The third kappa shape index (κ3) is 6.64. The lowest BCUT2D eigenvalue weighted by atomic mass is 9.47. The fourth-order valence-electron chi connectivity index (χ4n) is 11.2. The molecule has 0 bridgehead atoms. The predicted octanol–water partition coefficient (Wildman–Crippen LogP) is 9.79. The topological polar surface area (TPSA) is 54.0 Å². The Hall–Kier alpha value is -1.69. The van der Waals surface area contributed by atoms with Crippen LogP contribution in [0.2, 0.25) is 0 Å². The van der Waals surface area contributed by atoms with Crippen molar-refractivity contribution < 1.29 is 23.7 Å². The van der Waals surface area contributed by atoms with Crippen molar-refractivity contribution >= 4 is 5.97 Å². The van der Waals surface area contributed by atoms with Crippen molar-refractivity contribution in [3.8, 4) is 0 Å². The van der Waals surface area contributed by atoms with Gasteiger partial charge in [-0.25, -0.2) is 4.79 Å². The molecule has 1 aromatic rings. The first-order chi connectivity index (χ1) is 22.0. The molecular formula is C41H62O5. The van der Waals surface area contributed by atoms with Crippen LogP contribution in [0.25, 0.3) is 0 Å². The fraction of sp³-hybridized carbons (Fsp3) is 0.780. The number of methoxy groups -OCH3 is 1. The van der Waals surface area contributed by atoms with Gasteiger partial charge in [-0.1, -0.05) is 83.7 Å². The second-order valence-electron chi connectivity index (χ2n) is 16.8. The highest BCUT2D eigenvalue weighted by Crippen LogP contribution is 2.67. The molecule has 1 saturated heterocycles. The third-order valence-electron chi connectivity index (χ3n) is 13.8. The van der Waals surface area contributed by atoms with Crippen LogP contribution in [0.4, 0.5) is 0 Å². The van der Waals surface area contributed by atoms with Crippen LogP contribution >= 0.6 is 0 Å². The van der Waals surface area contributed by atoms with E-state index in [1.807, 2.05) is 25.1 Å². The molecule has 4 fully saturated rings. The Bertz CT molecular complexity index is 1210. The quantitative estimate of drug-likeness (QED) is 0.189. The number of allylic oxidation sites excluding steroid dienone is 1. The SMILES string of the molecule is CO[C@@H]1C[C@H](O[C@H]2CC[C@@]3(C)C(=CC[C@H]4[C@@H]5CC[C@H]([C@H](C)CCCC(C)C)[C@@]5(C)CC[C@@H]43)C2)O[C@@H](C)[C@@H]1OC(=O)c1ccccc1. The second-order valence-corrected chi connectivity index (χ2v) is 16.8. The van der Waals surface area contributed by atoms with E-state index in [0.29, 0.717) is 22.8 Å². The molecule has 46 heavy (non-hydrogen) atoms. The van der Waals surface area contributed by atoms with Crippen molar-refractivity contribution in [2.45, 2.75) is 149 Å². The van der Waals surface area contributed by atoms with Gasteiger partial charge in [-0.15, -0.1) is 0 Å². The van der Waals surface area contributed by atoms with E-state index in [2.05, 4.69) is 40.7 Å². The zero-order valence-electron chi connectivity index (χ0n) is 29.8. The van der Waals surface area contributed by atoms with E-state index in [-0.39, 0.29) is 30.6 Å². The molecule has 4 aliphatic carbocycles. The molecule has 5 nitrogen and oxygen atoms in total. The Morgan fingerprint density at radius 2 is 1.78 bits per heavy atom. The summed E-state index contributed by atoms with van der Waals surface area (Å²) in [4.78, 5) is 12.8. The van der Waals surface area contributed by atoms with Crippen LogP contribution in [0.5, 0.6) is 0 Å². The summed E-state index contributed by atoms with van der Waals surface area (Å²) in [6.07, 6.45) is 16.4. The zero-order chi connectivity index (χ0) is 32.6. The lowest BCUT2D eigenvalue weighted by Gasteiger charge is -2.58. The standard InChI is InChI=1S/C41H62O5/c1-26(2)12-11-13-27(3)33-18-19-34-32-17-16-30-24-31(20-22-40(30,5)35(32)21-23-41(33,34)6)45-37-25-36(43-7)38(28(4)44-37)46-39(42)29-14-9-8-10-15-29/h8-10,14-16,26-28,31-38H,11-13,17-25H2,1-7H3/t27-,28+,31+,32+,33-,34+,35+,36-,37+,38+,40+,41-/m1/s1. The fourth-order valence-corrected chi connectivity index (χ4v) is 11.2. The molecule has 1 aliphatic heterocycles. The van der Waals surface area contributed by atoms with Crippen LogP contribution in [0.3, 0.4) is 0 Å². The van der Waals surface area contributed by atoms with Crippen molar-refractivity contribution in [2.75, 3.05) is 7.11 Å². The van der Waals surface area contributed by atoms with E-state index >= 15 is 0 Å². The lowest BCUT2D eigenvalue weighted by molar-refractivity contribution is -0.265. The van der Waals surface area contributed by atoms with E-state index in [0.717, 1.165) is 48.3 Å². The summed E-state index contributed by atoms with van der Waals surface area (Å²) < 4.78 is 24.8. The Morgan fingerprint density at radius 3 is 2.52 bits per heavy atom. The number of rotatable bonds is 10. The number of hydrogen-bond donors (Lipinski definition) is 0. The van der Waals surface area contributed by atoms with E-state index in [9.17, 15) is 4.79 Å². The van der Waals surface area contributed by atoms with Gasteiger partial charge in [-0.2, -0.15) is 0 Å². The predicted molar refractivity (Wildman–Crippen MR) is 183 cm³/mol. The Kier molecular flexibility index (Phi) is 10.4. The molecule has 6 rings (SSSR count). The van der Waals surface area contributed by atoms with Gasteiger partial charge in [0.15, 0.2) is 12.4 Å². The highest BCUT2D eigenvalue weighted by Gasteiger charge is 2.59. The monoisotopic (exact) mass is 634 g/mol. The maximum atomic E-state index is 12.8. The summed E-state index contributed by atoms with van der Waals surface area (Å²) in [6, 6.07) is 9.13. The molecule has 12 atom stereocenters. The molecule has 5 aliphatic rings. The minimum atomic E-state index is -0.472. The lowest BCUT2D eigenvalue weighted by Crippen LogP contribution is -2.52. The van der Waals surface area contributed by atoms with Gasteiger partial charge in [0.1, 0.15) is 6.10 Å². The van der Waals surface area contributed by atoms with Crippen molar-refractivity contribution in [3.05, 3.63) is 47.5 Å². The average molecular weight is 635 g/mol. The average Bonchev–Trinajstić information content (AvgIpc) is 3.40. The first-order valence-corrected chi connectivity index (χ1v) is 18.8. The number of fused-ring (bicyclic) bond motifs is 5. The van der Waals surface area contributed by atoms with Crippen LogP contribution in [-0.4, -0.2) is 43.8 Å².